The molecule has 1 aromatic heterocycles. The number of nitrogens with one attached hydrogen (secondary N) is 1. The van der Waals surface area contributed by atoms with Crippen LogP contribution in [0.2, 0.25) is 5.02 Å². The first-order valence-corrected chi connectivity index (χ1v) is 7.38. The van der Waals surface area contributed by atoms with E-state index in [1.165, 1.54) is 0 Å². The van der Waals surface area contributed by atoms with E-state index in [-0.39, 0.29) is 6.04 Å². The molecule has 0 spiro atoms. The van der Waals surface area contributed by atoms with Crippen LogP contribution in [0.5, 0.6) is 5.75 Å². The smallest absolute Gasteiger partial charge is 0.120 e. The lowest BCUT2D eigenvalue weighted by atomic mass is 10.2. The Labute approximate surface area is 123 Å². The lowest BCUT2D eigenvalue weighted by molar-refractivity contribution is 0.267. The van der Waals surface area contributed by atoms with Gasteiger partial charge in [0.1, 0.15) is 12.4 Å². The van der Waals surface area contributed by atoms with Crippen molar-refractivity contribution in [1.29, 1.82) is 0 Å². The van der Waals surface area contributed by atoms with Crippen LogP contribution in [0.4, 0.5) is 0 Å². The fourth-order valence-electron chi connectivity index (χ4n) is 1.50. The number of hydrogen-bond donors (Lipinski definition) is 2. The molecular formula is C12H12BrClN2OS. The predicted molar refractivity (Wildman–Crippen MR) is 79.0 cm³/mol. The third-order valence-corrected chi connectivity index (χ3v) is 4.42. The normalized spacial score (nSPS) is 12.4. The van der Waals surface area contributed by atoms with E-state index >= 15 is 0 Å². The molecule has 1 heterocycles. The highest BCUT2D eigenvalue weighted by Crippen LogP contribution is 2.27. The highest BCUT2D eigenvalue weighted by atomic mass is 79.9. The molecule has 18 heavy (non-hydrogen) atoms. The summed E-state index contributed by atoms with van der Waals surface area (Å²) in [6, 6.07) is 7.23. The summed E-state index contributed by atoms with van der Waals surface area (Å²) in [6.07, 6.45) is 0. The van der Waals surface area contributed by atoms with Gasteiger partial charge in [0.25, 0.3) is 0 Å². The number of nitrogens with two attached hydrogens (primary N) is 1. The summed E-state index contributed by atoms with van der Waals surface area (Å²) in [6.45, 7) is 0.437. The first-order chi connectivity index (χ1) is 8.70. The van der Waals surface area contributed by atoms with Gasteiger partial charge in [0, 0.05) is 14.9 Å². The van der Waals surface area contributed by atoms with Crippen LogP contribution in [0.3, 0.4) is 0 Å². The van der Waals surface area contributed by atoms with E-state index in [1.54, 1.807) is 17.4 Å². The second-order valence-corrected chi connectivity index (χ2v) is 5.70. The number of hydrogen-bond acceptors (Lipinski definition) is 4. The molecule has 0 radical (unpaired) electrons. The van der Waals surface area contributed by atoms with Crippen LogP contribution >= 0.6 is 38.9 Å². The SMILES string of the molecule is NNC(COc1cccc(Cl)c1)c1cscc1Br. The Morgan fingerprint density at radius 3 is 2.89 bits per heavy atom. The molecule has 0 bridgehead atoms. The summed E-state index contributed by atoms with van der Waals surface area (Å²) in [5.41, 5.74) is 3.84. The standard InChI is InChI=1S/C12H12BrClN2OS/c13-11-7-18-6-10(11)12(16-15)5-17-9-3-1-2-8(14)4-9/h1-4,6-7,12,16H,5,15H2. The van der Waals surface area contributed by atoms with Crippen molar-refractivity contribution in [1.82, 2.24) is 5.43 Å². The first-order valence-electron chi connectivity index (χ1n) is 5.27. The average Bonchev–Trinajstić information content (AvgIpc) is 2.77. The van der Waals surface area contributed by atoms with Crippen LogP contribution in [-0.4, -0.2) is 6.61 Å². The molecule has 0 aliphatic heterocycles. The minimum Gasteiger partial charge on any atom is -0.492 e. The zero-order valence-corrected chi connectivity index (χ0v) is 12.6. The van der Waals surface area contributed by atoms with E-state index in [0.29, 0.717) is 11.6 Å². The zero-order chi connectivity index (χ0) is 13.0. The molecule has 1 atom stereocenters. The van der Waals surface area contributed by atoms with Crippen molar-refractivity contribution in [2.24, 2.45) is 5.84 Å². The van der Waals surface area contributed by atoms with Gasteiger partial charge in [0.2, 0.25) is 0 Å². The Bertz CT molecular complexity index is 520. The van der Waals surface area contributed by atoms with E-state index in [2.05, 4.69) is 21.4 Å². The minimum absolute atomic E-state index is 0.0652. The summed E-state index contributed by atoms with van der Waals surface area (Å²) in [7, 11) is 0. The maximum Gasteiger partial charge on any atom is 0.120 e. The van der Waals surface area contributed by atoms with Crippen molar-refractivity contribution >= 4 is 38.9 Å². The summed E-state index contributed by atoms with van der Waals surface area (Å²) >= 11 is 11.0. The third-order valence-electron chi connectivity index (χ3n) is 2.43. The molecule has 6 heteroatoms. The fourth-order valence-corrected chi connectivity index (χ4v) is 3.31. The van der Waals surface area contributed by atoms with E-state index in [4.69, 9.17) is 22.2 Å². The largest absolute Gasteiger partial charge is 0.492 e. The molecule has 0 aliphatic rings. The number of hydrazine groups is 1. The van der Waals surface area contributed by atoms with E-state index < -0.39 is 0 Å². The van der Waals surface area contributed by atoms with Gasteiger partial charge in [0.05, 0.1) is 6.04 Å². The molecule has 0 saturated heterocycles. The minimum atomic E-state index is -0.0652. The van der Waals surface area contributed by atoms with E-state index in [1.807, 2.05) is 29.0 Å². The topological polar surface area (TPSA) is 47.3 Å². The second-order valence-electron chi connectivity index (χ2n) is 3.66. The van der Waals surface area contributed by atoms with Gasteiger partial charge in [-0.3, -0.25) is 5.84 Å². The summed E-state index contributed by atoms with van der Waals surface area (Å²) < 4.78 is 6.71. The van der Waals surface area contributed by atoms with Crippen molar-refractivity contribution < 1.29 is 4.74 Å². The molecule has 96 valence electrons. The highest BCUT2D eigenvalue weighted by Gasteiger charge is 2.14. The van der Waals surface area contributed by atoms with Gasteiger partial charge < -0.3 is 4.74 Å². The van der Waals surface area contributed by atoms with Crippen LogP contribution in [0.1, 0.15) is 11.6 Å². The predicted octanol–water partition coefficient (Wildman–Crippen LogP) is 3.75. The molecule has 0 amide bonds. The maximum absolute atomic E-state index is 5.89. The van der Waals surface area contributed by atoms with Crippen molar-refractivity contribution in [2.45, 2.75) is 6.04 Å². The zero-order valence-electron chi connectivity index (χ0n) is 9.40. The number of thiophene rings is 1. The highest BCUT2D eigenvalue weighted by molar-refractivity contribution is 9.10. The van der Waals surface area contributed by atoms with E-state index in [0.717, 1.165) is 15.8 Å². The van der Waals surface area contributed by atoms with Crippen molar-refractivity contribution in [3.8, 4) is 5.75 Å². The van der Waals surface area contributed by atoms with Crippen molar-refractivity contribution in [3.05, 3.63) is 50.1 Å². The molecule has 1 aromatic carbocycles. The molecule has 1 unspecified atom stereocenters. The number of ether oxygens (including phenoxy) is 1. The van der Waals surface area contributed by atoms with Gasteiger partial charge in [-0.2, -0.15) is 11.3 Å². The van der Waals surface area contributed by atoms with Gasteiger partial charge >= 0.3 is 0 Å². The Hall–Kier alpha value is -0.590. The first kappa shape index (κ1) is 13.8. The lowest BCUT2D eigenvalue weighted by Gasteiger charge is -2.16. The lowest BCUT2D eigenvalue weighted by Crippen LogP contribution is -2.32. The van der Waals surface area contributed by atoms with Gasteiger partial charge in [-0.25, -0.2) is 5.43 Å². The average molecular weight is 348 g/mol. The molecule has 0 aliphatic carbocycles. The van der Waals surface area contributed by atoms with Crippen molar-refractivity contribution in [3.63, 3.8) is 0 Å². The summed E-state index contributed by atoms with van der Waals surface area (Å²) in [5, 5.41) is 4.70. The molecule has 2 rings (SSSR count). The molecule has 3 N–H and O–H groups in total. The number of benzene rings is 1. The number of rotatable bonds is 5. The second kappa shape index (κ2) is 6.54. The van der Waals surface area contributed by atoms with Crippen LogP contribution < -0.4 is 16.0 Å². The molecular weight excluding hydrogens is 336 g/mol. The molecule has 2 aromatic rings. The van der Waals surface area contributed by atoms with Crippen LogP contribution in [-0.2, 0) is 0 Å². The Kier molecular flexibility index (Phi) is 5.03. The fraction of sp³-hybridized carbons (Fsp3) is 0.167. The Balaban J connectivity index is 2.02. The van der Waals surface area contributed by atoms with Gasteiger partial charge in [0.15, 0.2) is 0 Å². The molecule has 0 saturated carbocycles. The van der Waals surface area contributed by atoms with Crippen LogP contribution in [0.25, 0.3) is 0 Å². The number of halogens is 2. The van der Waals surface area contributed by atoms with Gasteiger partial charge in [-0.05, 0) is 45.1 Å². The third kappa shape index (κ3) is 3.46. The molecule has 0 fully saturated rings. The van der Waals surface area contributed by atoms with Gasteiger partial charge in [-0.1, -0.05) is 17.7 Å². The molecule has 3 nitrogen and oxygen atoms in total. The Morgan fingerprint density at radius 2 is 2.28 bits per heavy atom. The van der Waals surface area contributed by atoms with Crippen molar-refractivity contribution in [2.75, 3.05) is 6.61 Å². The summed E-state index contributed by atoms with van der Waals surface area (Å²) in [5.74, 6) is 6.29. The van der Waals surface area contributed by atoms with Crippen LogP contribution in [0, 0.1) is 0 Å². The monoisotopic (exact) mass is 346 g/mol. The van der Waals surface area contributed by atoms with Gasteiger partial charge in [-0.15, -0.1) is 0 Å². The maximum atomic E-state index is 5.89. The Morgan fingerprint density at radius 1 is 1.44 bits per heavy atom. The summed E-state index contributed by atoms with van der Waals surface area (Å²) in [4.78, 5) is 0. The quantitative estimate of drug-likeness (QED) is 0.640. The van der Waals surface area contributed by atoms with Crippen LogP contribution in [0.15, 0.2) is 39.5 Å². The van der Waals surface area contributed by atoms with E-state index in [9.17, 15) is 0 Å².